The van der Waals surface area contributed by atoms with E-state index in [4.69, 9.17) is 11.6 Å². The molecule has 0 spiro atoms. The zero-order valence-electron chi connectivity index (χ0n) is 9.75. The van der Waals surface area contributed by atoms with Crippen LogP contribution < -0.4 is 17.0 Å². The molecule has 0 atom stereocenters. The third-order valence-corrected chi connectivity index (χ3v) is 3.70. The molecule has 0 fully saturated rings. The van der Waals surface area contributed by atoms with E-state index >= 15 is 0 Å². The summed E-state index contributed by atoms with van der Waals surface area (Å²) >= 11 is 7.49. The van der Waals surface area contributed by atoms with Crippen molar-refractivity contribution in [2.75, 3.05) is 0 Å². The van der Waals surface area contributed by atoms with Gasteiger partial charge < -0.3 is 17.0 Å². The smallest absolute Gasteiger partial charge is 0.125 e. The lowest BCUT2D eigenvalue weighted by molar-refractivity contribution is -0.00000345. The predicted octanol–water partition coefficient (Wildman–Crippen LogP) is 1.53. The lowest BCUT2D eigenvalue weighted by Crippen LogP contribution is -3.00. The summed E-state index contributed by atoms with van der Waals surface area (Å²) in [6.07, 6.45) is 3.59. The van der Waals surface area contributed by atoms with Crippen molar-refractivity contribution in [3.05, 3.63) is 59.2 Å². The third kappa shape index (κ3) is 3.21. The van der Waals surface area contributed by atoms with E-state index in [1.165, 1.54) is 0 Å². The minimum absolute atomic E-state index is 0. The molecular weight excluding hydrogens is 344 g/mol. The maximum atomic E-state index is 5.87. The van der Waals surface area contributed by atoms with E-state index in [0.717, 1.165) is 26.9 Å². The molecule has 19 heavy (non-hydrogen) atoms. The first kappa shape index (κ1) is 14.2. The lowest BCUT2D eigenvalue weighted by Gasteiger charge is -1.96. The highest BCUT2D eigenvalue weighted by Gasteiger charge is 2.06. The summed E-state index contributed by atoms with van der Waals surface area (Å²) in [5, 5.41) is 3.76. The van der Waals surface area contributed by atoms with Gasteiger partial charge in [0.25, 0.3) is 0 Å². The van der Waals surface area contributed by atoms with E-state index < -0.39 is 0 Å². The topological polar surface area (TPSA) is 25.8 Å². The van der Waals surface area contributed by atoms with E-state index in [1.54, 1.807) is 17.5 Å². The summed E-state index contributed by atoms with van der Waals surface area (Å²) in [4.78, 5) is 8.72. The highest BCUT2D eigenvalue weighted by Crippen LogP contribution is 2.28. The predicted molar refractivity (Wildman–Crippen MR) is 75.8 cm³/mol. The van der Waals surface area contributed by atoms with Crippen LogP contribution in [0.4, 0.5) is 0 Å². The van der Waals surface area contributed by atoms with Crippen LogP contribution in [0.15, 0.2) is 54.2 Å². The molecule has 0 saturated heterocycles. The number of thiazole rings is 1. The zero-order valence-corrected chi connectivity index (χ0v) is 12.9. The Morgan fingerprint density at radius 3 is 2.47 bits per heavy atom. The van der Waals surface area contributed by atoms with E-state index in [9.17, 15) is 0 Å². The molecule has 0 aliphatic heterocycles. The van der Waals surface area contributed by atoms with Gasteiger partial charge in [0.2, 0.25) is 0 Å². The minimum Gasteiger partial charge on any atom is -1.00 e. The minimum atomic E-state index is 0. The Bertz CT molecular complexity index is 653. The molecule has 0 radical (unpaired) electrons. The second-order valence-corrected chi connectivity index (χ2v) is 5.08. The molecule has 5 heteroatoms. The van der Waals surface area contributed by atoms with Gasteiger partial charge in [0.05, 0.1) is 5.69 Å². The van der Waals surface area contributed by atoms with Crippen molar-refractivity contribution in [3.8, 4) is 21.8 Å². The van der Waals surface area contributed by atoms with Gasteiger partial charge in [-0.05, 0) is 24.3 Å². The van der Waals surface area contributed by atoms with Gasteiger partial charge in [-0.2, -0.15) is 0 Å². The molecular formula is C14H9BrClN2S-. The van der Waals surface area contributed by atoms with Gasteiger partial charge in [-0.15, -0.1) is 11.3 Å². The summed E-state index contributed by atoms with van der Waals surface area (Å²) in [6, 6.07) is 11.6. The third-order valence-electron chi connectivity index (χ3n) is 2.55. The fraction of sp³-hybridized carbons (Fsp3) is 0. The van der Waals surface area contributed by atoms with Crippen molar-refractivity contribution < 1.29 is 17.0 Å². The molecule has 2 nitrogen and oxygen atoms in total. The molecule has 3 rings (SSSR count). The molecule has 0 saturated carbocycles. The first-order chi connectivity index (χ1) is 8.83. The van der Waals surface area contributed by atoms with Crippen molar-refractivity contribution in [2.45, 2.75) is 0 Å². The van der Waals surface area contributed by atoms with Crippen LogP contribution in [0.1, 0.15) is 0 Å². The lowest BCUT2D eigenvalue weighted by atomic mass is 10.2. The van der Waals surface area contributed by atoms with Gasteiger partial charge in [0.15, 0.2) is 0 Å². The van der Waals surface area contributed by atoms with Crippen LogP contribution in [-0.4, -0.2) is 9.97 Å². The second kappa shape index (κ2) is 6.28. The highest BCUT2D eigenvalue weighted by atomic mass is 79.9. The van der Waals surface area contributed by atoms with Crippen LogP contribution in [0, 0.1) is 0 Å². The zero-order chi connectivity index (χ0) is 12.4. The van der Waals surface area contributed by atoms with E-state index in [-0.39, 0.29) is 17.0 Å². The molecule has 0 N–H and O–H groups in total. The molecule has 0 unspecified atom stereocenters. The molecule has 2 heterocycles. The van der Waals surface area contributed by atoms with Crippen LogP contribution >= 0.6 is 22.9 Å². The maximum absolute atomic E-state index is 5.87. The quantitative estimate of drug-likeness (QED) is 0.699. The number of benzene rings is 1. The van der Waals surface area contributed by atoms with Gasteiger partial charge in [0.1, 0.15) is 5.01 Å². The molecule has 0 bridgehead atoms. The van der Waals surface area contributed by atoms with Crippen molar-refractivity contribution in [2.24, 2.45) is 0 Å². The summed E-state index contributed by atoms with van der Waals surface area (Å²) in [5.74, 6) is 0. The van der Waals surface area contributed by atoms with Crippen LogP contribution in [-0.2, 0) is 0 Å². The Kier molecular flexibility index (Phi) is 4.69. The van der Waals surface area contributed by atoms with E-state index in [1.807, 2.05) is 48.0 Å². The molecule has 2 aromatic heterocycles. The molecule has 96 valence electrons. The van der Waals surface area contributed by atoms with Gasteiger partial charge >= 0.3 is 0 Å². The largest absolute Gasteiger partial charge is 1.00 e. The number of rotatable bonds is 2. The number of aromatic nitrogens is 2. The summed E-state index contributed by atoms with van der Waals surface area (Å²) < 4.78 is 0. The summed E-state index contributed by atoms with van der Waals surface area (Å²) in [7, 11) is 0. The SMILES string of the molecule is Clc1ccc(-c2csc(-c3cccnc3)n2)cc1.[Br-]. The van der Waals surface area contributed by atoms with Crippen molar-refractivity contribution in [3.63, 3.8) is 0 Å². The van der Waals surface area contributed by atoms with Crippen molar-refractivity contribution >= 4 is 22.9 Å². The molecule has 3 aromatic rings. The van der Waals surface area contributed by atoms with Crippen LogP contribution in [0.5, 0.6) is 0 Å². The fourth-order valence-corrected chi connectivity index (χ4v) is 2.59. The molecule has 0 amide bonds. The van der Waals surface area contributed by atoms with Gasteiger partial charge in [-0.25, -0.2) is 4.98 Å². The molecule has 1 aromatic carbocycles. The molecule has 0 aliphatic rings. The number of hydrogen-bond donors (Lipinski definition) is 0. The van der Waals surface area contributed by atoms with Gasteiger partial charge in [-0.1, -0.05) is 23.7 Å². The van der Waals surface area contributed by atoms with Crippen LogP contribution in [0.2, 0.25) is 5.02 Å². The van der Waals surface area contributed by atoms with Crippen LogP contribution in [0.3, 0.4) is 0 Å². The Morgan fingerprint density at radius 2 is 1.79 bits per heavy atom. The molecule has 0 aliphatic carbocycles. The van der Waals surface area contributed by atoms with Gasteiger partial charge in [-0.3, -0.25) is 4.98 Å². The highest BCUT2D eigenvalue weighted by molar-refractivity contribution is 7.13. The Morgan fingerprint density at radius 1 is 1.00 bits per heavy atom. The average molecular weight is 353 g/mol. The maximum Gasteiger partial charge on any atom is 0.125 e. The number of nitrogens with zero attached hydrogens (tertiary/aromatic N) is 2. The summed E-state index contributed by atoms with van der Waals surface area (Å²) in [6.45, 7) is 0. The number of halogens is 2. The monoisotopic (exact) mass is 351 g/mol. The Balaban J connectivity index is 0.00000133. The average Bonchev–Trinajstić information content (AvgIpc) is 2.90. The number of pyridine rings is 1. The Labute approximate surface area is 130 Å². The fourth-order valence-electron chi connectivity index (χ4n) is 1.65. The normalized spacial score (nSPS) is 9.95. The Hall–Kier alpha value is -1.23. The standard InChI is InChI=1S/C14H9ClN2S.BrH/c15-12-5-3-10(4-6-12)13-9-18-14(17-13)11-2-1-7-16-8-11;/h1-9H;1H/p-1. The number of hydrogen-bond acceptors (Lipinski definition) is 3. The first-order valence-corrected chi connectivity index (χ1v) is 6.70. The first-order valence-electron chi connectivity index (χ1n) is 5.45. The van der Waals surface area contributed by atoms with Crippen LogP contribution in [0.25, 0.3) is 21.8 Å². The van der Waals surface area contributed by atoms with E-state index in [0.29, 0.717) is 0 Å². The van der Waals surface area contributed by atoms with Crippen molar-refractivity contribution in [1.82, 2.24) is 9.97 Å². The second-order valence-electron chi connectivity index (χ2n) is 3.79. The van der Waals surface area contributed by atoms with Crippen molar-refractivity contribution in [1.29, 1.82) is 0 Å². The summed E-state index contributed by atoms with van der Waals surface area (Å²) in [5.41, 5.74) is 3.09. The van der Waals surface area contributed by atoms with Gasteiger partial charge in [0, 0.05) is 33.9 Å². The van der Waals surface area contributed by atoms with E-state index in [2.05, 4.69) is 9.97 Å².